The average Bonchev–Trinajstić information content (AvgIpc) is 3.95. The van der Waals surface area contributed by atoms with Crippen molar-refractivity contribution in [1.82, 2.24) is 20.6 Å². The summed E-state index contributed by atoms with van der Waals surface area (Å²) in [5.74, 6) is -1.85. The van der Waals surface area contributed by atoms with Gasteiger partial charge in [0.2, 0.25) is 0 Å². The van der Waals surface area contributed by atoms with Gasteiger partial charge in [0.1, 0.15) is 29.3 Å². The van der Waals surface area contributed by atoms with E-state index in [-0.39, 0.29) is 69.0 Å². The first-order chi connectivity index (χ1) is 38.2. The molecule has 0 unspecified atom stereocenters. The van der Waals surface area contributed by atoms with E-state index in [4.69, 9.17) is 20.4 Å². The van der Waals surface area contributed by atoms with E-state index in [9.17, 15) is 39.6 Å². The Balaban J connectivity index is 0.000000550. The molecule has 0 fully saturated rings. The zero-order valence-electron chi connectivity index (χ0n) is 55.9. The van der Waals surface area contributed by atoms with E-state index in [1.807, 2.05) is 48.5 Å². The molecule has 474 valence electrons. The third-order valence-electron chi connectivity index (χ3n) is 13.9. The van der Waals surface area contributed by atoms with Crippen molar-refractivity contribution in [2.24, 2.45) is 0 Å². The standard InChI is InChI=1S/4C17H26O3.CH2N4/c4*1-16(2,3)12-9-11(7-8-14(18)19)10-13(15(12)20)17(4,5)6;1-2-4-5-3-1/h4*9-10,20H,7-8H2,1-6H3,(H,18,19);1H,(H,2,3,4,5). The minimum Gasteiger partial charge on any atom is -0.507 e. The molecular weight excluding hydrogens is 1080 g/mol. The second-order valence-corrected chi connectivity index (χ2v) is 30.3. The quantitative estimate of drug-likeness (QED) is 0.0561. The first kappa shape index (κ1) is 76.0. The number of rotatable bonds is 12. The maximum Gasteiger partial charge on any atom is 0.303 e. The molecule has 0 aliphatic heterocycles. The molecule has 0 spiro atoms. The lowest BCUT2D eigenvalue weighted by atomic mass is 9.78. The van der Waals surface area contributed by atoms with Crippen molar-refractivity contribution in [2.75, 3.05) is 0 Å². The number of nitrogens with one attached hydrogen (secondary N) is 1. The number of carbonyl (C=O) groups is 4. The Morgan fingerprint density at radius 2 is 0.471 bits per heavy atom. The summed E-state index contributed by atoms with van der Waals surface area (Å²) in [4.78, 5) is 43.0. The molecule has 0 saturated heterocycles. The van der Waals surface area contributed by atoms with Crippen LogP contribution in [0.4, 0.5) is 0 Å². The van der Waals surface area contributed by atoms with Crippen molar-refractivity contribution in [3.8, 4) is 23.0 Å². The molecule has 0 bridgehead atoms. The number of aromatic amines is 1. The van der Waals surface area contributed by atoms with Crippen LogP contribution in [0.15, 0.2) is 54.9 Å². The number of aryl methyl sites for hydroxylation is 4. The molecule has 5 rings (SSSR count). The maximum atomic E-state index is 10.8. The maximum absolute atomic E-state index is 10.8. The summed E-state index contributed by atoms with van der Waals surface area (Å²) in [5, 5.41) is 89.6. The van der Waals surface area contributed by atoms with Crippen LogP contribution in [-0.4, -0.2) is 85.4 Å². The fourth-order valence-electron chi connectivity index (χ4n) is 9.06. The van der Waals surface area contributed by atoms with Crippen LogP contribution >= 0.6 is 0 Å². The van der Waals surface area contributed by atoms with Gasteiger partial charge in [0.25, 0.3) is 0 Å². The number of aromatic nitrogens is 4. The number of H-pyrrole nitrogens is 1. The highest BCUT2D eigenvalue weighted by atomic mass is 16.4. The first-order valence-corrected chi connectivity index (χ1v) is 29.2. The monoisotopic (exact) mass is 1180 g/mol. The van der Waals surface area contributed by atoms with Gasteiger partial charge in [0.15, 0.2) is 0 Å². The van der Waals surface area contributed by atoms with Gasteiger partial charge in [-0.3, -0.25) is 19.2 Å². The molecule has 1 heterocycles. The number of carboxylic acids is 4. The molecule has 0 saturated carbocycles. The molecule has 16 nitrogen and oxygen atoms in total. The lowest BCUT2D eigenvalue weighted by Crippen LogP contribution is -2.18. The fourth-order valence-corrected chi connectivity index (χ4v) is 9.06. The third-order valence-corrected chi connectivity index (χ3v) is 13.9. The number of carboxylic acid groups (broad SMARTS) is 4. The minimum atomic E-state index is -0.798. The second kappa shape index (κ2) is 29.9. The number of phenols is 4. The third kappa shape index (κ3) is 25.6. The lowest BCUT2D eigenvalue weighted by molar-refractivity contribution is -0.138. The Kier molecular flexibility index (Phi) is 26.8. The summed E-state index contributed by atoms with van der Waals surface area (Å²) in [6.07, 6.45) is 3.79. The van der Waals surface area contributed by atoms with E-state index >= 15 is 0 Å². The van der Waals surface area contributed by atoms with E-state index in [2.05, 4.69) is 187 Å². The summed E-state index contributed by atoms with van der Waals surface area (Å²) >= 11 is 0. The minimum absolute atomic E-state index is 0.109. The van der Waals surface area contributed by atoms with Crippen LogP contribution in [0.25, 0.3) is 0 Å². The van der Waals surface area contributed by atoms with Crippen LogP contribution in [0.1, 0.15) is 259 Å². The summed E-state index contributed by atoms with van der Waals surface area (Å²) in [5.41, 5.74) is 9.51. The summed E-state index contributed by atoms with van der Waals surface area (Å²) in [6, 6.07) is 15.5. The predicted molar refractivity (Wildman–Crippen MR) is 340 cm³/mol. The van der Waals surface area contributed by atoms with Crippen LogP contribution < -0.4 is 0 Å². The van der Waals surface area contributed by atoms with Crippen LogP contribution in [-0.2, 0) is 88.2 Å². The highest BCUT2D eigenvalue weighted by Crippen LogP contribution is 2.44. The molecule has 0 atom stereocenters. The number of aliphatic carboxylic acids is 4. The lowest BCUT2D eigenvalue weighted by Gasteiger charge is -2.28. The van der Waals surface area contributed by atoms with Gasteiger partial charge in [-0.25, -0.2) is 5.10 Å². The molecule has 0 amide bonds. The first-order valence-electron chi connectivity index (χ1n) is 29.2. The molecule has 85 heavy (non-hydrogen) atoms. The number of benzene rings is 4. The fraction of sp³-hybridized carbons (Fsp3) is 0.580. The SMILES string of the molecule is CC(C)(C)c1cc(CCC(=O)O)cc(C(C)(C)C)c1O.CC(C)(C)c1cc(CCC(=O)O)cc(C(C)(C)C)c1O.CC(C)(C)c1cc(CCC(=O)O)cc(C(C)(C)C)c1O.CC(C)(C)c1cc(CCC(=O)O)cc(C(C)(C)C)c1O.c1nnn[nH]1. The Hall–Kier alpha value is -6.97. The van der Waals surface area contributed by atoms with Gasteiger partial charge < -0.3 is 40.9 Å². The van der Waals surface area contributed by atoms with Crippen LogP contribution in [0.2, 0.25) is 0 Å². The van der Waals surface area contributed by atoms with Crippen molar-refractivity contribution >= 4 is 23.9 Å². The van der Waals surface area contributed by atoms with Crippen molar-refractivity contribution in [1.29, 1.82) is 0 Å². The highest BCUT2D eigenvalue weighted by Gasteiger charge is 2.31. The number of nitrogens with zero attached hydrogens (tertiary/aromatic N) is 3. The van der Waals surface area contributed by atoms with Crippen molar-refractivity contribution in [3.05, 3.63) is 122 Å². The van der Waals surface area contributed by atoms with E-state index in [0.717, 1.165) is 66.8 Å². The Labute approximate surface area is 508 Å². The van der Waals surface area contributed by atoms with E-state index < -0.39 is 23.9 Å². The summed E-state index contributed by atoms with van der Waals surface area (Å²) < 4.78 is 0. The molecular formula is C69H106N4O12. The molecule has 1 aromatic heterocycles. The number of phenolic OH excluding ortho intramolecular Hbond substituents is 4. The second-order valence-electron chi connectivity index (χ2n) is 30.3. The van der Waals surface area contributed by atoms with Gasteiger partial charge in [-0.15, -0.1) is 5.10 Å². The highest BCUT2D eigenvalue weighted by molar-refractivity contribution is 5.69. The molecule has 0 aliphatic carbocycles. The number of aromatic hydroxyl groups is 4. The van der Waals surface area contributed by atoms with E-state index in [1.54, 1.807) is 0 Å². The molecule has 4 aromatic carbocycles. The zero-order chi connectivity index (χ0) is 66.4. The van der Waals surface area contributed by atoms with Gasteiger partial charge in [-0.2, -0.15) is 0 Å². The van der Waals surface area contributed by atoms with Crippen molar-refractivity contribution in [3.63, 3.8) is 0 Å². The number of hydrogen-bond acceptors (Lipinski definition) is 11. The summed E-state index contributed by atoms with van der Waals surface area (Å²) in [7, 11) is 0. The Morgan fingerprint density at radius 1 is 0.318 bits per heavy atom. The Morgan fingerprint density at radius 3 is 0.553 bits per heavy atom. The zero-order valence-corrected chi connectivity index (χ0v) is 55.9. The van der Waals surface area contributed by atoms with Crippen molar-refractivity contribution in [2.45, 2.75) is 261 Å². The molecule has 0 radical (unpaired) electrons. The normalized spacial score (nSPS) is 12.2. The molecule has 5 aromatic rings. The van der Waals surface area contributed by atoms with Gasteiger partial charge in [-0.05, 0) is 146 Å². The van der Waals surface area contributed by atoms with Crippen LogP contribution in [0, 0.1) is 0 Å². The summed E-state index contributed by atoms with van der Waals surface area (Å²) in [6.45, 7) is 49.2. The molecule has 16 heteroatoms. The number of hydrogen-bond donors (Lipinski definition) is 9. The van der Waals surface area contributed by atoms with E-state index in [1.165, 1.54) is 6.33 Å². The largest absolute Gasteiger partial charge is 0.507 e. The smallest absolute Gasteiger partial charge is 0.303 e. The van der Waals surface area contributed by atoms with E-state index in [0.29, 0.717) is 48.7 Å². The van der Waals surface area contributed by atoms with Crippen LogP contribution in [0.5, 0.6) is 23.0 Å². The predicted octanol–water partition coefficient (Wildman–Crippen LogP) is 15.2. The Bertz CT molecular complexity index is 2470. The van der Waals surface area contributed by atoms with Gasteiger partial charge in [-0.1, -0.05) is 215 Å². The van der Waals surface area contributed by atoms with Crippen LogP contribution in [0.3, 0.4) is 0 Å². The van der Waals surface area contributed by atoms with Crippen molar-refractivity contribution < 1.29 is 60.0 Å². The van der Waals surface area contributed by atoms with Gasteiger partial charge in [0.05, 0.1) is 0 Å². The average molecular weight is 1180 g/mol. The molecule has 0 aliphatic rings. The topological polar surface area (TPSA) is 285 Å². The van der Waals surface area contributed by atoms with Gasteiger partial charge >= 0.3 is 23.9 Å². The number of tetrazole rings is 1. The van der Waals surface area contributed by atoms with Gasteiger partial charge in [0, 0.05) is 25.7 Å². The molecule has 9 N–H and O–H groups in total.